The molecule has 0 saturated carbocycles. The van der Waals surface area contributed by atoms with Crippen molar-refractivity contribution in [1.29, 1.82) is 0 Å². The summed E-state index contributed by atoms with van der Waals surface area (Å²) in [6.45, 7) is 4.18. The first kappa shape index (κ1) is 10.8. The molecular formula is C10H15NS2. The monoisotopic (exact) mass is 213 g/mol. The van der Waals surface area contributed by atoms with Gasteiger partial charge in [0.15, 0.2) is 0 Å². The molecule has 0 unspecified atom stereocenters. The van der Waals surface area contributed by atoms with Gasteiger partial charge < -0.3 is 5.73 Å². The SMILES string of the molecule is CSc1cc(CS)c(N)c(C)c1C. The maximum atomic E-state index is 5.96. The molecule has 0 heterocycles. The van der Waals surface area contributed by atoms with Crippen LogP contribution in [0.25, 0.3) is 0 Å². The number of nitrogen functional groups attached to an aromatic ring is 1. The van der Waals surface area contributed by atoms with Crippen molar-refractivity contribution in [1.82, 2.24) is 0 Å². The third kappa shape index (κ3) is 1.97. The third-order valence-corrected chi connectivity index (χ3v) is 3.58. The Morgan fingerprint density at radius 3 is 2.46 bits per heavy atom. The average molecular weight is 213 g/mol. The van der Waals surface area contributed by atoms with Gasteiger partial charge in [-0.3, -0.25) is 0 Å². The van der Waals surface area contributed by atoms with Gasteiger partial charge in [-0.05, 0) is 42.9 Å². The zero-order chi connectivity index (χ0) is 10.0. The van der Waals surface area contributed by atoms with Crippen molar-refractivity contribution in [3.05, 3.63) is 22.8 Å². The lowest BCUT2D eigenvalue weighted by molar-refractivity contribution is 1.20. The molecule has 0 aliphatic rings. The second kappa shape index (κ2) is 4.29. The Morgan fingerprint density at radius 2 is 2.00 bits per heavy atom. The lowest BCUT2D eigenvalue weighted by Gasteiger charge is -2.13. The molecule has 0 spiro atoms. The summed E-state index contributed by atoms with van der Waals surface area (Å²) >= 11 is 6.02. The van der Waals surface area contributed by atoms with E-state index in [1.165, 1.54) is 16.0 Å². The number of rotatable bonds is 2. The molecule has 0 aliphatic carbocycles. The van der Waals surface area contributed by atoms with E-state index >= 15 is 0 Å². The number of anilines is 1. The standard InChI is InChI=1S/C10H15NS2/c1-6-7(2)10(11)8(5-12)4-9(6)13-3/h4,12H,5,11H2,1-3H3. The zero-order valence-electron chi connectivity index (χ0n) is 8.22. The fraction of sp³-hybridized carbons (Fsp3) is 0.400. The summed E-state index contributed by atoms with van der Waals surface area (Å²) in [6.07, 6.45) is 2.08. The van der Waals surface area contributed by atoms with Crippen molar-refractivity contribution in [3.8, 4) is 0 Å². The molecule has 1 rings (SSSR count). The van der Waals surface area contributed by atoms with Crippen LogP contribution in [-0.4, -0.2) is 6.26 Å². The number of hydrogen-bond donors (Lipinski definition) is 2. The van der Waals surface area contributed by atoms with Crippen LogP contribution in [-0.2, 0) is 5.75 Å². The molecule has 2 N–H and O–H groups in total. The molecule has 0 amide bonds. The van der Waals surface area contributed by atoms with Gasteiger partial charge in [0.1, 0.15) is 0 Å². The van der Waals surface area contributed by atoms with Gasteiger partial charge in [0.05, 0.1) is 0 Å². The van der Waals surface area contributed by atoms with Crippen LogP contribution in [0.2, 0.25) is 0 Å². The minimum Gasteiger partial charge on any atom is -0.398 e. The summed E-state index contributed by atoms with van der Waals surface area (Å²) in [6, 6.07) is 2.13. The summed E-state index contributed by atoms with van der Waals surface area (Å²) in [5, 5.41) is 0. The molecule has 0 saturated heterocycles. The Hall–Kier alpha value is -0.280. The molecular weight excluding hydrogens is 198 g/mol. The van der Waals surface area contributed by atoms with Gasteiger partial charge in [0, 0.05) is 16.3 Å². The first-order valence-corrected chi connectivity index (χ1v) is 6.01. The second-order valence-corrected chi connectivity index (χ2v) is 4.22. The maximum absolute atomic E-state index is 5.96. The number of thioether (sulfide) groups is 1. The lowest BCUT2D eigenvalue weighted by Crippen LogP contribution is -1.99. The predicted molar refractivity (Wildman–Crippen MR) is 64.8 cm³/mol. The van der Waals surface area contributed by atoms with Gasteiger partial charge in [-0.15, -0.1) is 11.8 Å². The molecule has 72 valence electrons. The smallest absolute Gasteiger partial charge is 0.0388 e. The minimum atomic E-state index is 0.709. The molecule has 13 heavy (non-hydrogen) atoms. The normalized spacial score (nSPS) is 10.5. The highest BCUT2D eigenvalue weighted by atomic mass is 32.2. The van der Waals surface area contributed by atoms with E-state index in [9.17, 15) is 0 Å². The molecule has 3 heteroatoms. The summed E-state index contributed by atoms with van der Waals surface area (Å²) in [5.74, 6) is 0.709. The van der Waals surface area contributed by atoms with Crippen LogP contribution in [0, 0.1) is 13.8 Å². The van der Waals surface area contributed by atoms with Crippen molar-refractivity contribution >= 4 is 30.1 Å². The topological polar surface area (TPSA) is 26.0 Å². The molecule has 0 atom stereocenters. The second-order valence-electron chi connectivity index (χ2n) is 3.06. The lowest BCUT2D eigenvalue weighted by atomic mass is 10.0. The highest BCUT2D eigenvalue weighted by Gasteiger charge is 2.08. The van der Waals surface area contributed by atoms with Gasteiger partial charge in [-0.25, -0.2) is 0 Å². The van der Waals surface area contributed by atoms with E-state index in [-0.39, 0.29) is 0 Å². The molecule has 1 nitrogen and oxygen atoms in total. The third-order valence-electron chi connectivity index (χ3n) is 2.38. The fourth-order valence-corrected chi connectivity index (χ4v) is 2.30. The van der Waals surface area contributed by atoms with Gasteiger partial charge >= 0.3 is 0 Å². The van der Waals surface area contributed by atoms with Crippen LogP contribution < -0.4 is 5.73 Å². The Balaban J connectivity index is 3.36. The van der Waals surface area contributed by atoms with Crippen molar-refractivity contribution in [2.24, 2.45) is 0 Å². The van der Waals surface area contributed by atoms with Crippen molar-refractivity contribution < 1.29 is 0 Å². The van der Waals surface area contributed by atoms with Crippen molar-refractivity contribution in [2.75, 3.05) is 12.0 Å². The van der Waals surface area contributed by atoms with Gasteiger partial charge in [-0.2, -0.15) is 12.6 Å². The number of benzene rings is 1. The van der Waals surface area contributed by atoms with E-state index < -0.39 is 0 Å². The van der Waals surface area contributed by atoms with Crippen LogP contribution in [0.1, 0.15) is 16.7 Å². The van der Waals surface area contributed by atoms with Crippen molar-refractivity contribution in [3.63, 3.8) is 0 Å². The van der Waals surface area contributed by atoms with Crippen molar-refractivity contribution in [2.45, 2.75) is 24.5 Å². The molecule has 0 aliphatic heterocycles. The van der Waals surface area contributed by atoms with E-state index in [4.69, 9.17) is 5.73 Å². The van der Waals surface area contributed by atoms with Gasteiger partial charge in [-0.1, -0.05) is 0 Å². The number of thiol groups is 1. The Labute approximate surface area is 89.5 Å². The molecule has 0 fully saturated rings. The zero-order valence-corrected chi connectivity index (χ0v) is 9.93. The number of hydrogen-bond acceptors (Lipinski definition) is 3. The van der Waals surface area contributed by atoms with E-state index in [1.807, 2.05) is 0 Å². The van der Waals surface area contributed by atoms with Crippen LogP contribution in [0.3, 0.4) is 0 Å². The van der Waals surface area contributed by atoms with Crippen LogP contribution in [0.15, 0.2) is 11.0 Å². The average Bonchev–Trinajstić information content (AvgIpc) is 2.15. The summed E-state index contributed by atoms with van der Waals surface area (Å²) < 4.78 is 0. The molecule has 0 aromatic heterocycles. The maximum Gasteiger partial charge on any atom is 0.0388 e. The van der Waals surface area contributed by atoms with E-state index in [2.05, 4.69) is 38.8 Å². The largest absolute Gasteiger partial charge is 0.398 e. The quantitative estimate of drug-likeness (QED) is 0.449. The highest BCUT2D eigenvalue weighted by molar-refractivity contribution is 7.98. The Bertz CT molecular complexity index is 293. The minimum absolute atomic E-state index is 0.709. The van der Waals surface area contributed by atoms with E-state index in [0.717, 1.165) is 11.3 Å². The van der Waals surface area contributed by atoms with Crippen LogP contribution >= 0.6 is 24.4 Å². The van der Waals surface area contributed by atoms with E-state index in [1.54, 1.807) is 11.8 Å². The molecule has 0 radical (unpaired) electrons. The van der Waals surface area contributed by atoms with Gasteiger partial charge in [0.25, 0.3) is 0 Å². The first-order valence-electron chi connectivity index (χ1n) is 4.15. The summed E-state index contributed by atoms with van der Waals surface area (Å²) in [5.41, 5.74) is 10.5. The Morgan fingerprint density at radius 1 is 1.38 bits per heavy atom. The van der Waals surface area contributed by atoms with Gasteiger partial charge in [0.2, 0.25) is 0 Å². The summed E-state index contributed by atoms with van der Waals surface area (Å²) in [4.78, 5) is 1.30. The first-order chi connectivity index (χ1) is 6.11. The van der Waals surface area contributed by atoms with E-state index in [0.29, 0.717) is 5.75 Å². The number of nitrogens with two attached hydrogens (primary N) is 1. The Kier molecular flexibility index (Phi) is 3.56. The molecule has 1 aromatic rings. The predicted octanol–water partition coefficient (Wildman–Crippen LogP) is 3.04. The highest BCUT2D eigenvalue weighted by Crippen LogP contribution is 2.30. The summed E-state index contributed by atoms with van der Waals surface area (Å²) in [7, 11) is 0. The molecule has 1 aromatic carbocycles. The fourth-order valence-electron chi connectivity index (χ4n) is 1.31. The van der Waals surface area contributed by atoms with Crippen LogP contribution in [0.5, 0.6) is 0 Å². The molecule has 0 bridgehead atoms. The van der Waals surface area contributed by atoms with Crippen LogP contribution in [0.4, 0.5) is 5.69 Å².